The summed E-state index contributed by atoms with van der Waals surface area (Å²) < 4.78 is 27.1. The lowest BCUT2D eigenvalue weighted by Crippen LogP contribution is -2.24. The van der Waals surface area contributed by atoms with E-state index in [0.717, 1.165) is 28.2 Å². The number of benzene rings is 4. The minimum Gasteiger partial charge on any atom is -0.497 e. The van der Waals surface area contributed by atoms with Gasteiger partial charge in [-0.25, -0.2) is 18.9 Å². The summed E-state index contributed by atoms with van der Waals surface area (Å²) in [5.74, 6) is 2.06. The summed E-state index contributed by atoms with van der Waals surface area (Å²) in [5, 5.41) is 14.6. The summed E-state index contributed by atoms with van der Waals surface area (Å²) in [6, 6.07) is 29.7. The van der Waals surface area contributed by atoms with Crippen molar-refractivity contribution in [2.45, 2.75) is 19.5 Å². The molecule has 0 radical (unpaired) electrons. The van der Waals surface area contributed by atoms with Gasteiger partial charge in [-0.15, -0.1) is 0 Å². The van der Waals surface area contributed by atoms with Crippen LogP contribution >= 0.6 is 11.6 Å². The Kier molecular flexibility index (Phi) is 8.58. The number of halogens is 2. The molecule has 4 aromatic carbocycles. The van der Waals surface area contributed by atoms with Gasteiger partial charge in [0.2, 0.25) is 0 Å². The quantitative estimate of drug-likeness (QED) is 0.159. The van der Waals surface area contributed by atoms with E-state index in [9.17, 15) is 9.65 Å². The fraction of sp³-hybridized carbons (Fsp3) is 0.143. The van der Waals surface area contributed by atoms with Crippen molar-refractivity contribution in [1.29, 1.82) is 5.26 Å². The minimum absolute atomic E-state index is 0.100. The summed E-state index contributed by atoms with van der Waals surface area (Å²) >= 11 is 6.35. The number of anilines is 1. The molecule has 2 aromatic heterocycles. The van der Waals surface area contributed by atoms with E-state index in [4.69, 9.17) is 36.1 Å². The standard InChI is InChI=1S/C35H28ClFN6O2/c1-44-27-13-9-23(10-14-27)20-42(21-24-11-15-28(45-2)16-12-24)34-35-40-33(18-29-30(36)7-4-8-31(29)37)41-43(35)22-32(39-34)26-6-3-5-25(17-26)19-38/h3-17,22H,18,20-21H2,1-2H3. The van der Waals surface area contributed by atoms with E-state index in [1.165, 1.54) is 6.07 Å². The van der Waals surface area contributed by atoms with E-state index >= 15 is 0 Å². The van der Waals surface area contributed by atoms with Gasteiger partial charge in [0.25, 0.3) is 0 Å². The molecule has 0 N–H and O–H groups in total. The second-order valence-corrected chi connectivity index (χ2v) is 10.8. The third-order valence-electron chi connectivity index (χ3n) is 7.39. The van der Waals surface area contributed by atoms with Gasteiger partial charge in [-0.3, -0.25) is 0 Å². The van der Waals surface area contributed by atoms with Crippen LogP contribution in [0.25, 0.3) is 16.9 Å². The molecule has 0 aliphatic rings. The van der Waals surface area contributed by atoms with Gasteiger partial charge in [-0.1, -0.05) is 54.1 Å². The molecule has 0 atom stereocenters. The Morgan fingerprint density at radius 3 is 2.11 bits per heavy atom. The average Bonchev–Trinajstić information content (AvgIpc) is 3.49. The van der Waals surface area contributed by atoms with Crippen molar-refractivity contribution in [1.82, 2.24) is 19.6 Å². The average molecular weight is 619 g/mol. The van der Waals surface area contributed by atoms with Crippen LogP contribution in [-0.4, -0.2) is 33.8 Å². The normalized spacial score (nSPS) is 10.9. The maximum absolute atomic E-state index is 14.7. The molecule has 0 bridgehead atoms. The molecule has 0 fully saturated rings. The van der Waals surface area contributed by atoms with E-state index in [1.807, 2.05) is 60.7 Å². The van der Waals surface area contributed by atoms with Crippen LogP contribution in [-0.2, 0) is 19.5 Å². The van der Waals surface area contributed by atoms with Gasteiger partial charge < -0.3 is 14.4 Å². The minimum atomic E-state index is -0.422. The van der Waals surface area contributed by atoms with Crippen molar-refractivity contribution < 1.29 is 13.9 Å². The first kappa shape index (κ1) is 29.6. The summed E-state index contributed by atoms with van der Waals surface area (Å²) in [4.78, 5) is 12.1. The molecule has 2 heterocycles. The molecular formula is C35H28ClFN6O2. The third kappa shape index (κ3) is 6.56. The fourth-order valence-corrected chi connectivity index (χ4v) is 5.29. The summed E-state index contributed by atoms with van der Waals surface area (Å²) in [7, 11) is 3.27. The van der Waals surface area contributed by atoms with Crippen LogP contribution in [0.4, 0.5) is 10.2 Å². The molecule has 10 heteroatoms. The number of fused-ring (bicyclic) bond motifs is 1. The van der Waals surface area contributed by atoms with Crippen LogP contribution in [0, 0.1) is 17.1 Å². The van der Waals surface area contributed by atoms with E-state index in [0.29, 0.717) is 52.2 Å². The van der Waals surface area contributed by atoms with Gasteiger partial charge >= 0.3 is 0 Å². The highest BCUT2D eigenvalue weighted by atomic mass is 35.5. The number of ether oxygens (including phenoxy) is 2. The highest BCUT2D eigenvalue weighted by Crippen LogP contribution is 2.29. The first-order chi connectivity index (χ1) is 21.9. The van der Waals surface area contributed by atoms with Crippen molar-refractivity contribution in [3.63, 3.8) is 0 Å². The molecule has 0 unspecified atom stereocenters. The number of methoxy groups -OCH3 is 2. The lowest BCUT2D eigenvalue weighted by molar-refractivity contribution is 0.414. The largest absolute Gasteiger partial charge is 0.497 e. The predicted molar refractivity (Wildman–Crippen MR) is 171 cm³/mol. The highest BCUT2D eigenvalue weighted by Gasteiger charge is 2.21. The molecule has 45 heavy (non-hydrogen) atoms. The van der Waals surface area contributed by atoms with Gasteiger partial charge in [0.1, 0.15) is 17.3 Å². The highest BCUT2D eigenvalue weighted by molar-refractivity contribution is 6.31. The lowest BCUT2D eigenvalue weighted by Gasteiger charge is -2.25. The lowest BCUT2D eigenvalue weighted by atomic mass is 10.1. The Morgan fingerprint density at radius 1 is 0.867 bits per heavy atom. The third-order valence-corrected chi connectivity index (χ3v) is 7.75. The number of rotatable bonds is 10. The second kappa shape index (κ2) is 13.0. The van der Waals surface area contributed by atoms with Crippen LogP contribution < -0.4 is 14.4 Å². The molecule has 6 aromatic rings. The smallest absolute Gasteiger partial charge is 0.198 e. The number of hydrogen-bond donors (Lipinski definition) is 0. The summed E-state index contributed by atoms with van der Waals surface area (Å²) in [6.07, 6.45) is 1.87. The Balaban J connectivity index is 1.50. The molecule has 6 rings (SSSR count). The van der Waals surface area contributed by atoms with E-state index in [1.54, 1.807) is 49.2 Å². The first-order valence-corrected chi connectivity index (χ1v) is 14.5. The van der Waals surface area contributed by atoms with Crippen molar-refractivity contribution in [2.24, 2.45) is 0 Å². The number of aromatic nitrogens is 4. The van der Waals surface area contributed by atoms with Crippen LogP contribution in [0.3, 0.4) is 0 Å². The maximum atomic E-state index is 14.7. The van der Waals surface area contributed by atoms with E-state index in [-0.39, 0.29) is 6.42 Å². The Bertz CT molecular complexity index is 1940. The Labute approximate surface area is 264 Å². The molecule has 224 valence electrons. The number of nitrogens with zero attached hydrogens (tertiary/aromatic N) is 6. The molecule has 0 saturated carbocycles. The summed E-state index contributed by atoms with van der Waals surface area (Å²) in [5.41, 5.74) is 4.74. The van der Waals surface area contributed by atoms with Crippen LogP contribution in [0.1, 0.15) is 28.1 Å². The molecule has 0 aliphatic heterocycles. The molecule has 0 saturated heterocycles. The zero-order valence-electron chi connectivity index (χ0n) is 24.6. The second-order valence-electron chi connectivity index (χ2n) is 10.4. The van der Waals surface area contributed by atoms with Crippen LogP contribution in [0.2, 0.25) is 5.02 Å². The zero-order valence-corrected chi connectivity index (χ0v) is 25.4. The van der Waals surface area contributed by atoms with E-state index in [2.05, 4.69) is 11.0 Å². The Morgan fingerprint density at radius 2 is 1.51 bits per heavy atom. The topological polar surface area (TPSA) is 88.6 Å². The van der Waals surface area contributed by atoms with Crippen molar-refractivity contribution in [3.05, 3.63) is 136 Å². The molecular weight excluding hydrogens is 591 g/mol. The predicted octanol–water partition coefficient (Wildman–Crippen LogP) is 7.27. The van der Waals surface area contributed by atoms with Crippen molar-refractivity contribution in [2.75, 3.05) is 19.1 Å². The zero-order chi connectivity index (χ0) is 31.3. The number of nitriles is 1. The SMILES string of the molecule is COc1ccc(CN(Cc2ccc(OC)cc2)c2nc(-c3cccc(C#N)c3)cn3nc(Cc4c(F)cccc4Cl)nc23)cc1. The van der Waals surface area contributed by atoms with Gasteiger partial charge in [0.15, 0.2) is 17.3 Å². The van der Waals surface area contributed by atoms with Crippen molar-refractivity contribution in [3.8, 4) is 28.8 Å². The number of hydrogen-bond acceptors (Lipinski definition) is 7. The molecule has 8 nitrogen and oxygen atoms in total. The van der Waals surface area contributed by atoms with E-state index < -0.39 is 5.82 Å². The Hall–Kier alpha value is -5.46. The first-order valence-electron chi connectivity index (χ1n) is 14.1. The van der Waals surface area contributed by atoms with Gasteiger partial charge in [-0.2, -0.15) is 10.4 Å². The molecule has 0 amide bonds. The van der Waals surface area contributed by atoms with Crippen LogP contribution in [0.5, 0.6) is 11.5 Å². The fourth-order valence-electron chi connectivity index (χ4n) is 5.06. The monoisotopic (exact) mass is 618 g/mol. The van der Waals surface area contributed by atoms with Crippen LogP contribution in [0.15, 0.2) is 97.2 Å². The van der Waals surface area contributed by atoms with Crippen molar-refractivity contribution >= 4 is 23.1 Å². The molecule has 0 spiro atoms. The molecule has 0 aliphatic carbocycles. The van der Waals surface area contributed by atoms with Gasteiger partial charge in [0.05, 0.1) is 37.7 Å². The summed E-state index contributed by atoms with van der Waals surface area (Å²) in [6.45, 7) is 0.976. The maximum Gasteiger partial charge on any atom is 0.198 e. The van der Waals surface area contributed by atoms with Gasteiger partial charge in [-0.05, 0) is 59.7 Å². The van der Waals surface area contributed by atoms with Gasteiger partial charge in [0, 0.05) is 35.7 Å².